The molecule has 2 aromatic heterocycles. The van der Waals surface area contributed by atoms with Crippen LogP contribution in [0.25, 0.3) is 0 Å². The Kier molecular flexibility index (Phi) is 7.15. The smallest absolute Gasteiger partial charge is 0.341 e. The first-order valence-electron chi connectivity index (χ1n) is 13.3. The number of hydrogen-bond donors (Lipinski definition) is 2. The molecule has 0 spiro atoms. The predicted molar refractivity (Wildman–Crippen MR) is 155 cm³/mol. The second-order valence-corrected chi connectivity index (χ2v) is 11.3. The van der Waals surface area contributed by atoms with Crippen LogP contribution in [0.4, 0.5) is 34.5 Å². The standard InChI is InChI=1S/C28H34N8O5/c1-16-7-8-20-24(30-16)28(2,3)15-35(20)25-18(26(37)38)13-29-27(32-25)31-19-11-22(36(39)40)21(12-23(19)41-6)34-10-9-17(14-34)33(4)5/h7-8,11-13,17H,9-10,14-15H2,1-6H3,(H,37,38)(H,29,31,32)/t17-/m1/s1. The number of benzene rings is 1. The van der Waals surface area contributed by atoms with E-state index in [2.05, 4.69) is 20.2 Å². The van der Waals surface area contributed by atoms with Gasteiger partial charge in [0.1, 0.15) is 17.0 Å². The lowest BCUT2D eigenvalue weighted by Crippen LogP contribution is -2.31. The number of aromatic nitrogens is 3. The summed E-state index contributed by atoms with van der Waals surface area (Å²) in [5.41, 5.74) is 2.76. The summed E-state index contributed by atoms with van der Waals surface area (Å²) in [6.45, 7) is 7.82. The minimum Gasteiger partial charge on any atom is -0.494 e. The molecule has 1 aromatic carbocycles. The lowest BCUT2D eigenvalue weighted by Gasteiger charge is -2.23. The topological polar surface area (TPSA) is 150 Å². The molecule has 41 heavy (non-hydrogen) atoms. The number of pyridine rings is 1. The zero-order chi connectivity index (χ0) is 29.6. The number of aryl methyl sites for hydroxylation is 1. The Bertz CT molecular complexity index is 1530. The molecule has 0 aliphatic carbocycles. The number of carboxylic acid groups (broad SMARTS) is 1. The van der Waals surface area contributed by atoms with Gasteiger partial charge in [-0.25, -0.2) is 9.78 Å². The molecule has 0 radical (unpaired) electrons. The summed E-state index contributed by atoms with van der Waals surface area (Å²) >= 11 is 0. The van der Waals surface area contributed by atoms with Gasteiger partial charge in [0.15, 0.2) is 5.82 Å². The molecule has 216 valence electrons. The molecule has 0 unspecified atom stereocenters. The highest BCUT2D eigenvalue weighted by atomic mass is 16.6. The molecule has 0 amide bonds. The van der Waals surface area contributed by atoms with Crippen molar-refractivity contribution in [3.05, 3.63) is 57.5 Å². The molecule has 13 nitrogen and oxygen atoms in total. The van der Waals surface area contributed by atoms with Gasteiger partial charge in [0, 0.05) is 55.1 Å². The number of nitro benzene ring substituents is 1. The van der Waals surface area contributed by atoms with E-state index in [4.69, 9.17) is 9.72 Å². The number of ether oxygens (including phenoxy) is 1. The fraction of sp³-hybridized carbons (Fsp3) is 0.429. The maximum Gasteiger partial charge on any atom is 0.341 e. The molecular formula is C28H34N8O5. The molecule has 0 saturated carbocycles. The van der Waals surface area contributed by atoms with Crippen molar-refractivity contribution in [3.8, 4) is 5.75 Å². The van der Waals surface area contributed by atoms with E-state index in [9.17, 15) is 20.0 Å². The van der Waals surface area contributed by atoms with Gasteiger partial charge in [-0.1, -0.05) is 13.8 Å². The highest BCUT2D eigenvalue weighted by Crippen LogP contribution is 2.44. The van der Waals surface area contributed by atoms with E-state index in [1.165, 1.54) is 19.4 Å². The molecule has 13 heteroatoms. The number of carbonyl (C=O) groups is 1. The van der Waals surface area contributed by atoms with Gasteiger partial charge in [0.05, 0.1) is 29.1 Å². The monoisotopic (exact) mass is 562 g/mol. The fourth-order valence-corrected chi connectivity index (χ4v) is 5.53. The average molecular weight is 563 g/mol. The van der Waals surface area contributed by atoms with E-state index >= 15 is 0 Å². The highest BCUT2D eigenvalue weighted by molar-refractivity contribution is 5.95. The summed E-state index contributed by atoms with van der Waals surface area (Å²) in [5, 5.41) is 25.1. The number of nitrogens with one attached hydrogen (secondary N) is 1. The SMILES string of the molecule is COc1cc(N2CC[C@@H](N(C)C)C2)c([N+](=O)[O-])cc1Nc1ncc(C(=O)O)c(N2CC(C)(C)c3nc(C)ccc32)n1. The van der Waals surface area contributed by atoms with Gasteiger partial charge < -0.3 is 29.9 Å². The number of anilines is 5. The summed E-state index contributed by atoms with van der Waals surface area (Å²) < 4.78 is 5.61. The van der Waals surface area contributed by atoms with Gasteiger partial charge in [0.2, 0.25) is 5.95 Å². The predicted octanol–water partition coefficient (Wildman–Crippen LogP) is 4.11. The van der Waals surface area contributed by atoms with Crippen molar-refractivity contribution in [3.63, 3.8) is 0 Å². The molecule has 1 fully saturated rings. The number of carboxylic acids is 1. The zero-order valence-corrected chi connectivity index (χ0v) is 24.0. The van der Waals surface area contributed by atoms with Crippen LogP contribution in [0.15, 0.2) is 30.5 Å². The van der Waals surface area contributed by atoms with Gasteiger partial charge in [-0.05, 0) is 39.6 Å². The third kappa shape index (κ3) is 5.20. The Labute approximate surface area is 237 Å². The molecule has 1 saturated heterocycles. The van der Waals surface area contributed by atoms with Crippen LogP contribution in [-0.2, 0) is 5.41 Å². The minimum absolute atomic E-state index is 0.0717. The molecule has 1 atom stereocenters. The Hall–Kier alpha value is -4.52. The lowest BCUT2D eigenvalue weighted by molar-refractivity contribution is -0.384. The Morgan fingerprint density at radius 2 is 2.00 bits per heavy atom. The summed E-state index contributed by atoms with van der Waals surface area (Å²) in [4.78, 5) is 43.4. The Morgan fingerprint density at radius 1 is 1.24 bits per heavy atom. The van der Waals surface area contributed by atoms with Crippen molar-refractivity contribution >= 4 is 40.5 Å². The van der Waals surface area contributed by atoms with Gasteiger partial charge in [-0.2, -0.15) is 4.98 Å². The molecule has 2 aliphatic rings. The number of aromatic carboxylic acids is 1. The second-order valence-electron chi connectivity index (χ2n) is 11.3. The first-order valence-corrected chi connectivity index (χ1v) is 13.3. The summed E-state index contributed by atoms with van der Waals surface area (Å²) in [6, 6.07) is 7.14. The quantitative estimate of drug-likeness (QED) is 0.300. The summed E-state index contributed by atoms with van der Waals surface area (Å²) in [5.74, 6) is -0.523. The Balaban J connectivity index is 1.54. The van der Waals surface area contributed by atoms with Crippen LogP contribution in [0.3, 0.4) is 0 Å². The molecule has 2 aliphatic heterocycles. The van der Waals surface area contributed by atoms with Gasteiger partial charge >= 0.3 is 5.97 Å². The van der Waals surface area contributed by atoms with Crippen LogP contribution in [-0.4, -0.2) is 82.7 Å². The van der Waals surface area contributed by atoms with Gasteiger partial charge in [0.25, 0.3) is 5.69 Å². The number of nitrogens with zero attached hydrogens (tertiary/aromatic N) is 7. The zero-order valence-electron chi connectivity index (χ0n) is 24.0. The molecule has 0 bridgehead atoms. The minimum atomic E-state index is -1.17. The van der Waals surface area contributed by atoms with Crippen molar-refractivity contribution in [1.82, 2.24) is 19.9 Å². The van der Waals surface area contributed by atoms with Crippen LogP contribution >= 0.6 is 0 Å². The highest BCUT2D eigenvalue weighted by Gasteiger charge is 2.39. The van der Waals surface area contributed by atoms with E-state index in [1.54, 1.807) is 6.07 Å². The second kappa shape index (κ2) is 10.5. The van der Waals surface area contributed by atoms with E-state index in [0.717, 1.165) is 23.5 Å². The molecule has 4 heterocycles. The van der Waals surface area contributed by atoms with Crippen LogP contribution in [0.2, 0.25) is 0 Å². The maximum atomic E-state index is 12.2. The van der Waals surface area contributed by atoms with E-state index in [-0.39, 0.29) is 34.5 Å². The summed E-state index contributed by atoms with van der Waals surface area (Å²) in [6.07, 6.45) is 2.13. The van der Waals surface area contributed by atoms with Crippen molar-refractivity contribution < 1.29 is 19.6 Å². The van der Waals surface area contributed by atoms with E-state index in [1.807, 2.05) is 56.8 Å². The number of rotatable bonds is 8. The third-order valence-electron chi connectivity index (χ3n) is 7.73. The van der Waals surface area contributed by atoms with Crippen LogP contribution in [0.1, 0.15) is 42.0 Å². The van der Waals surface area contributed by atoms with Crippen molar-refractivity contribution in [2.75, 3.05) is 56.0 Å². The first-order chi connectivity index (χ1) is 19.4. The molecule has 5 rings (SSSR count). The number of likely N-dealkylation sites (N-methyl/N-ethyl adjacent to an activating group) is 1. The number of fused-ring (bicyclic) bond motifs is 1. The van der Waals surface area contributed by atoms with Crippen LogP contribution in [0, 0.1) is 17.0 Å². The number of methoxy groups -OCH3 is 1. The number of nitro groups is 1. The molecular weight excluding hydrogens is 528 g/mol. The van der Waals surface area contributed by atoms with Crippen LogP contribution < -0.4 is 19.9 Å². The van der Waals surface area contributed by atoms with Crippen molar-refractivity contribution in [1.29, 1.82) is 0 Å². The third-order valence-corrected chi connectivity index (χ3v) is 7.73. The molecule has 2 N–H and O–H groups in total. The van der Waals surface area contributed by atoms with E-state index in [0.29, 0.717) is 36.8 Å². The molecule has 3 aromatic rings. The normalized spacial score (nSPS) is 17.6. The average Bonchev–Trinajstić information content (AvgIpc) is 3.51. The number of hydrogen-bond acceptors (Lipinski definition) is 11. The van der Waals surface area contributed by atoms with Crippen molar-refractivity contribution in [2.45, 2.75) is 38.6 Å². The Morgan fingerprint density at radius 3 is 2.63 bits per heavy atom. The fourth-order valence-electron chi connectivity index (χ4n) is 5.53. The first kappa shape index (κ1) is 28.0. The van der Waals surface area contributed by atoms with Crippen LogP contribution in [0.5, 0.6) is 5.75 Å². The summed E-state index contributed by atoms with van der Waals surface area (Å²) in [7, 11) is 5.49. The van der Waals surface area contributed by atoms with Gasteiger partial charge in [-0.15, -0.1) is 0 Å². The van der Waals surface area contributed by atoms with E-state index < -0.39 is 10.9 Å². The lowest BCUT2D eigenvalue weighted by atomic mass is 9.91. The maximum absolute atomic E-state index is 12.2. The van der Waals surface area contributed by atoms with Gasteiger partial charge in [-0.3, -0.25) is 15.1 Å². The van der Waals surface area contributed by atoms with Crippen molar-refractivity contribution in [2.24, 2.45) is 0 Å². The largest absolute Gasteiger partial charge is 0.494 e.